The van der Waals surface area contributed by atoms with Gasteiger partial charge in [-0.25, -0.2) is 0 Å². The molecule has 76 valence electrons. The maximum atomic E-state index is 4.17. The van der Waals surface area contributed by atoms with E-state index in [0.717, 1.165) is 6.42 Å². The Kier molecular flexibility index (Phi) is 1.46. The smallest absolute Gasteiger partial charge is 0.0156 e. The third-order valence-electron chi connectivity index (χ3n) is 3.85. The minimum absolute atomic E-state index is 0.314. The molecule has 0 amide bonds. The van der Waals surface area contributed by atoms with E-state index in [0.29, 0.717) is 5.41 Å². The van der Waals surface area contributed by atoms with Crippen LogP contribution in [-0.4, -0.2) is 0 Å². The third-order valence-corrected chi connectivity index (χ3v) is 3.85. The Bertz CT molecular complexity index is 502. The van der Waals surface area contributed by atoms with E-state index in [1.54, 1.807) is 5.57 Å². The van der Waals surface area contributed by atoms with Crippen LogP contribution in [0, 0.1) is 5.41 Å². The van der Waals surface area contributed by atoms with Crippen molar-refractivity contribution >= 4 is 0 Å². The van der Waals surface area contributed by atoms with E-state index >= 15 is 0 Å². The highest BCUT2D eigenvalue weighted by Crippen LogP contribution is 2.63. The van der Waals surface area contributed by atoms with Crippen molar-refractivity contribution in [3.63, 3.8) is 0 Å². The van der Waals surface area contributed by atoms with Crippen LogP contribution in [0.5, 0.6) is 0 Å². The Morgan fingerprint density at radius 1 is 1.27 bits per heavy atom. The highest BCUT2D eigenvalue weighted by atomic mass is 14.5. The zero-order valence-corrected chi connectivity index (χ0v) is 9.65. The largest absolute Gasteiger partial charge is 0.0949 e. The van der Waals surface area contributed by atoms with Crippen LogP contribution in [0.25, 0.3) is 0 Å². The highest BCUT2D eigenvalue weighted by molar-refractivity contribution is 5.77. The summed E-state index contributed by atoms with van der Waals surface area (Å²) < 4.78 is 0. The first-order valence-electron chi connectivity index (χ1n) is 5.56. The van der Waals surface area contributed by atoms with Gasteiger partial charge < -0.3 is 0 Å². The van der Waals surface area contributed by atoms with Gasteiger partial charge in [0.1, 0.15) is 0 Å². The van der Waals surface area contributed by atoms with Gasteiger partial charge in [0.15, 0.2) is 0 Å². The van der Waals surface area contributed by atoms with Crippen molar-refractivity contribution in [3.8, 4) is 0 Å². The van der Waals surface area contributed by atoms with Gasteiger partial charge >= 0.3 is 0 Å². The average molecular weight is 196 g/mol. The summed E-state index contributed by atoms with van der Waals surface area (Å²) in [5, 5.41) is 0. The second-order valence-electron chi connectivity index (χ2n) is 5.23. The number of hydrogen-bond acceptors (Lipinski definition) is 0. The molecular weight excluding hydrogens is 180 g/mol. The molecule has 3 aliphatic rings. The van der Waals surface area contributed by atoms with Gasteiger partial charge in [0.25, 0.3) is 0 Å². The first kappa shape index (κ1) is 8.96. The average Bonchev–Trinajstić information content (AvgIpc) is 2.55. The molecule has 1 saturated carbocycles. The van der Waals surface area contributed by atoms with Crippen molar-refractivity contribution in [1.29, 1.82) is 0 Å². The van der Waals surface area contributed by atoms with Crippen LogP contribution in [0.4, 0.5) is 0 Å². The van der Waals surface area contributed by atoms with Gasteiger partial charge in [0.05, 0.1) is 0 Å². The van der Waals surface area contributed by atoms with Crippen molar-refractivity contribution in [3.05, 3.63) is 58.2 Å². The fourth-order valence-corrected chi connectivity index (χ4v) is 2.85. The molecule has 3 aliphatic carbocycles. The molecule has 3 rings (SSSR count). The first-order valence-corrected chi connectivity index (χ1v) is 5.56. The molecule has 0 bridgehead atoms. The van der Waals surface area contributed by atoms with Gasteiger partial charge in [-0.05, 0) is 46.8 Å². The lowest BCUT2D eigenvalue weighted by atomic mass is 9.94. The molecule has 0 saturated heterocycles. The van der Waals surface area contributed by atoms with Crippen LogP contribution in [-0.2, 0) is 0 Å². The Hall–Kier alpha value is -1.30. The molecule has 0 heteroatoms. The SMILES string of the molecule is C=C1CC=C2C(=C3C(C)=CC=C13)C2(C)C. The fourth-order valence-electron chi connectivity index (χ4n) is 2.85. The minimum atomic E-state index is 0.314. The van der Waals surface area contributed by atoms with Crippen LogP contribution >= 0.6 is 0 Å². The number of rotatable bonds is 0. The molecule has 0 spiro atoms. The molecule has 0 heterocycles. The molecule has 0 radical (unpaired) electrons. The van der Waals surface area contributed by atoms with Crippen LogP contribution < -0.4 is 0 Å². The van der Waals surface area contributed by atoms with Crippen LogP contribution in [0.1, 0.15) is 27.2 Å². The van der Waals surface area contributed by atoms with E-state index in [1.807, 2.05) is 0 Å². The van der Waals surface area contributed by atoms with E-state index in [9.17, 15) is 0 Å². The number of fused-ring (bicyclic) bond motifs is 2. The minimum Gasteiger partial charge on any atom is -0.0949 e. The van der Waals surface area contributed by atoms with Gasteiger partial charge in [-0.3, -0.25) is 0 Å². The zero-order valence-electron chi connectivity index (χ0n) is 9.65. The van der Waals surface area contributed by atoms with Crippen molar-refractivity contribution < 1.29 is 0 Å². The van der Waals surface area contributed by atoms with Crippen molar-refractivity contribution in [2.75, 3.05) is 0 Å². The lowest BCUT2D eigenvalue weighted by Gasteiger charge is -2.10. The second kappa shape index (κ2) is 2.44. The van der Waals surface area contributed by atoms with Gasteiger partial charge in [-0.1, -0.05) is 38.7 Å². The van der Waals surface area contributed by atoms with Crippen LogP contribution in [0.15, 0.2) is 58.2 Å². The van der Waals surface area contributed by atoms with Gasteiger partial charge in [0, 0.05) is 5.41 Å². The van der Waals surface area contributed by atoms with E-state index in [2.05, 4.69) is 45.6 Å². The predicted molar refractivity (Wildman–Crippen MR) is 64.5 cm³/mol. The molecule has 0 unspecified atom stereocenters. The summed E-state index contributed by atoms with van der Waals surface area (Å²) in [6, 6.07) is 0. The Labute approximate surface area is 91.4 Å². The summed E-state index contributed by atoms with van der Waals surface area (Å²) in [5.41, 5.74) is 8.92. The summed E-state index contributed by atoms with van der Waals surface area (Å²) in [5.74, 6) is 0. The summed E-state index contributed by atoms with van der Waals surface area (Å²) in [4.78, 5) is 0. The topological polar surface area (TPSA) is 0 Å². The van der Waals surface area contributed by atoms with Gasteiger partial charge in [-0.2, -0.15) is 0 Å². The summed E-state index contributed by atoms with van der Waals surface area (Å²) in [6.07, 6.45) is 7.82. The molecule has 15 heavy (non-hydrogen) atoms. The molecule has 0 atom stereocenters. The van der Waals surface area contributed by atoms with E-state index in [1.165, 1.54) is 27.9 Å². The zero-order chi connectivity index (χ0) is 10.8. The molecular formula is C15H16. The van der Waals surface area contributed by atoms with Crippen LogP contribution in [0.2, 0.25) is 0 Å². The fraction of sp³-hybridized carbons (Fsp3) is 0.333. The van der Waals surface area contributed by atoms with Crippen molar-refractivity contribution in [1.82, 2.24) is 0 Å². The standard InChI is InChI=1S/C15H16/c1-9-6-8-12-14(15(12,3)4)13-10(2)5-7-11(9)13/h5,7-8H,1,6H2,2-4H3. The van der Waals surface area contributed by atoms with E-state index in [-0.39, 0.29) is 0 Å². The molecule has 0 nitrogen and oxygen atoms in total. The molecule has 0 aromatic heterocycles. The maximum Gasteiger partial charge on any atom is 0.0156 e. The molecule has 0 aromatic carbocycles. The van der Waals surface area contributed by atoms with Crippen LogP contribution in [0.3, 0.4) is 0 Å². The van der Waals surface area contributed by atoms with Gasteiger partial charge in [0.2, 0.25) is 0 Å². The first-order chi connectivity index (χ1) is 7.03. The number of hydrogen-bond donors (Lipinski definition) is 0. The molecule has 0 aliphatic heterocycles. The molecule has 0 N–H and O–H groups in total. The molecule has 0 aromatic rings. The summed E-state index contributed by atoms with van der Waals surface area (Å²) >= 11 is 0. The Morgan fingerprint density at radius 2 is 2.00 bits per heavy atom. The van der Waals surface area contributed by atoms with E-state index in [4.69, 9.17) is 0 Å². The highest BCUT2D eigenvalue weighted by Gasteiger charge is 2.49. The second-order valence-corrected chi connectivity index (χ2v) is 5.23. The summed E-state index contributed by atoms with van der Waals surface area (Å²) in [7, 11) is 0. The molecule has 1 fully saturated rings. The predicted octanol–water partition coefficient (Wildman–Crippen LogP) is 4.10. The van der Waals surface area contributed by atoms with E-state index < -0.39 is 0 Å². The monoisotopic (exact) mass is 196 g/mol. The third kappa shape index (κ3) is 0.971. The lowest BCUT2D eigenvalue weighted by molar-refractivity contribution is 0.733. The number of allylic oxidation sites excluding steroid dienone is 9. The Balaban J connectivity index is 2.27. The summed E-state index contributed by atoms with van der Waals surface area (Å²) in [6.45, 7) is 11.0. The lowest BCUT2D eigenvalue weighted by Crippen LogP contribution is -1.94. The van der Waals surface area contributed by atoms with Crippen molar-refractivity contribution in [2.45, 2.75) is 27.2 Å². The van der Waals surface area contributed by atoms with Gasteiger partial charge in [-0.15, -0.1) is 0 Å². The Morgan fingerprint density at radius 3 is 2.73 bits per heavy atom. The normalized spacial score (nSPS) is 26.3. The maximum absolute atomic E-state index is 4.17. The quantitative estimate of drug-likeness (QED) is 0.547. The van der Waals surface area contributed by atoms with Crippen molar-refractivity contribution in [2.24, 2.45) is 5.41 Å².